The van der Waals surface area contributed by atoms with Crippen molar-refractivity contribution in [2.24, 2.45) is 0 Å². The summed E-state index contributed by atoms with van der Waals surface area (Å²) >= 11 is 3.38. The molecule has 0 aliphatic carbocycles. The van der Waals surface area contributed by atoms with Crippen LogP contribution in [0.25, 0.3) is 0 Å². The molecule has 0 bridgehead atoms. The highest BCUT2D eigenvalue weighted by molar-refractivity contribution is 9.10. The number of anilines is 1. The fourth-order valence-electron chi connectivity index (χ4n) is 2.43. The van der Waals surface area contributed by atoms with Crippen LogP contribution < -0.4 is 9.64 Å². The zero-order valence-corrected chi connectivity index (χ0v) is 12.1. The molecule has 1 aliphatic rings. The molecule has 17 heavy (non-hydrogen) atoms. The molecule has 94 valence electrons. The first-order valence-electron chi connectivity index (χ1n) is 5.98. The third kappa shape index (κ3) is 2.54. The van der Waals surface area contributed by atoms with Gasteiger partial charge in [-0.1, -0.05) is 0 Å². The minimum Gasteiger partial charge on any atom is -0.480 e. The average molecular weight is 300 g/mol. The predicted octanol–water partition coefficient (Wildman–Crippen LogP) is 3.02. The summed E-state index contributed by atoms with van der Waals surface area (Å²) in [7, 11) is 1.62. The fourth-order valence-corrected chi connectivity index (χ4v) is 2.78. The Bertz CT molecular complexity index is 389. The first kappa shape index (κ1) is 12.6. The Morgan fingerprint density at radius 2 is 2.00 bits per heavy atom. The van der Waals surface area contributed by atoms with Gasteiger partial charge in [-0.15, -0.1) is 0 Å². The Labute approximate surface area is 111 Å². The second-order valence-electron chi connectivity index (χ2n) is 4.56. The van der Waals surface area contributed by atoms with E-state index in [-0.39, 0.29) is 0 Å². The van der Waals surface area contributed by atoms with Crippen LogP contribution in [0.5, 0.6) is 5.88 Å². The Kier molecular flexibility index (Phi) is 3.86. The summed E-state index contributed by atoms with van der Waals surface area (Å²) in [6.07, 6.45) is 5.44. The quantitative estimate of drug-likeness (QED) is 0.841. The number of hydrogen-bond acceptors (Lipinski definition) is 4. The zero-order valence-electron chi connectivity index (χ0n) is 10.5. The van der Waals surface area contributed by atoms with E-state index in [0.717, 1.165) is 10.4 Å². The number of piperidine rings is 1. The van der Waals surface area contributed by atoms with Crippen LogP contribution in [0.2, 0.25) is 0 Å². The monoisotopic (exact) mass is 299 g/mol. The van der Waals surface area contributed by atoms with Crippen molar-refractivity contribution < 1.29 is 4.74 Å². The number of hydrogen-bond donors (Lipinski definition) is 0. The number of ether oxygens (including phenoxy) is 1. The Morgan fingerprint density at radius 1 is 1.35 bits per heavy atom. The summed E-state index contributed by atoms with van der Waals surface area (Å²) in [6.45, 7) is 4.46. The van der Waals surface area contributed by atoms with Crippen LogP contribution in [0.15, 0.2) is 10.7 Å². The van der Waals surface area contributed by atoms with Crippen molar-refractivity contribution >= 4 is 21.9 Å². The van der Waals surface area contributed by atoms with Crippen LogP contribution in [0.1, 0.15) is 33.1 Å². The molecule has 1 aromatic rings. The molecule has 1 aromatic heterocycles. The molecule has 0 spiro atoms. The van der Waals surface area contributed by atoms with Gasteiger partial charge >= 0.3 is 0 Å². The van der Waals surface area contributed by atoms with Crippen molar-refractivity contribution in [1.82, 2.24) is 9.97 Å². The maximum Gasteiger partial charge on any atom is 0.232 e. The topological polar surface area (TPSA) is 38.2 Å². The predicted molar refractivity (Wildman–Crippen MR) is 71.5 cm³/mol. The molecule has 2 heterocycles. The van der Waals surface area contributed by atoms with Crippen LogP contribution in [-0.2, 0) is 0 Å². The summed E-state index contributed by atoms with van der Waals surface area (Å²) in [6, 6.07) is 0.981. The summed E-state index contributed by atoms with van der Waals surface area (Å²) in [5, 5.41) is 0. The summed E-state index contributed by atoms with van der Waals surface area (Å²) in [5.74, 6) is 1.37. The van der Waals surface area contributed by atoms with Crippen LogP contribution in [0, 0.1) is 0 Å². The van der Waals surface area contributed by atoms with E-state index in [9.17, 15) is 0 Å². The lowest BCUT2D eigenvalue weighted by molar-refractivity contribution is 0.383. The second-order valence-corrected chi connectivity index (χ2v) is 5.42. The molecule has 5 heteroatoms. The lowest BCUT2D eigenvalue weighted by atomic mass is 9.98. The molecule has 0 amide bonds. The standard InChI is InChI=1S/C12H18BrN3O/c1-8-5-4-6-9(2)16(8)12-14-7-10(13)11(15-12)17-3/h7-9H,4-6H2,1-3H3. The number of halogens is 1. The van der Waals surface area contributed by atoms with E-state index in [4.69, 9.17) is 4.74 Å². The fraction of sp³-hybridized carbons (Fsp3) is 0.667. The normalized spacial score (nSPS) is 24.8. The van der Waals surface area contributed by atoms with Crippen molar-refractivity contribution in [3.05, 3.63) is 10.7 Å². The molecule has 1 saturated heterocycles. The summed E-state index contributed by atoms with van der Waals surface area (Å²) in [5.41, 5.74) is 0. The third-order valence-electron chi connectivity index (χ3n) is 3.32. The maximum absolute atomic E-state index is 5.22. The molecule has 0 saturated carbocycles. The molecule has 0 aromatic carbocycles. The molecule has 0 N–H and O–H groups in total. The van der Waals surface area contributed by atoms with Crippen LogP contribution in [0.4, 0.5) is 5.95 Å². The molecule has 2 atom stereocenters. The van der Waals surface area contributed by atoms with Crippen molar-refractivity contribution in [1.29, 1.82) is 0 Å². The van der Waals surface area contributed by atoms with Crippen molar-refractivity contribution in [3.63, 3.8) is 0 Å². The molecule has 2 unspecified atom stereocenters. The molecular weight excluding hydrogens is 282 g/mol. The molecule has 2 rings (SSSR count). The molecule has 4 nitrogen and oxygen atoms in total. The summed E-state index contributed by atoms with van der Waals surface area (Å²) < 4.78 is 6.01. The van der Waals surface area contributed by atoms with Gasteiger partial charge in [0.15, 0.2) is 0 Å². The van der Waals surface area contributed by atoms with Gasteiger partial charge in [-0.05, 0) is 49.0 Å². The number of methoxy groups -OCH3 is 1. The lowest BCUT2D eigenvalue weighted by Gasteiger charge is -2.39. The van der Waals surface area contributed by atoms with Gasteiger partial charge in [-0.25, -0.2) is 4.98 Å². The average Bonchev–Trinajstić information content (AvgIpc) is 2.31. The first-order chi connectivity index (χ1) is 8.13. The van der Waals surface area contributed by atoms with E-state index < -0.39 is 0 Å². The Hall–Kier alpha value is -0.840. The van der Waals surface area contributed by atoms with Crippen molar-refractivity contribution in [3.8, 4) is 5.88 Å². The summed E-state index contributed by atoms with van der Waals surface area (Å²) in [4.78, 5) is 11.2. The van der Waals surface area contributed by atoms with Gasteiger partial charge in [-0.2, -0.15) is 4.98 Å². The molecule has 1 fully saturated rings. The number of aromatic nitrogens is 2. The van der Waals surface area contributed by atoms with Gasteiger partial charge in [0, 0.05) is 12.1 Å². The minimum atomic E-state index is 0.490. The van der Waals surface area contributed by atoms with E-state index in [2.05, 4.69) is 44.6 Å². The van der Waals surface area contributed by atoms with Gasteiger partial charge in [0.1, 0.15) is 0 Å². The molecular formula is C12H18BrN3O. The van der Waals surface area contributed by atoms with Gasteiger partial charge < -0.3 is 9.64 Å². The molecule has 0 radical (unpaired) electrons. The Balaban J connectivity index is 2.31. The van der Waals surface area contributed by atoms with Crippen LogP contribution in [0.3, 0.4) is 0 Å². The number of rotatable bonds is 2. The highest BCUT2D eigenvalue weighted by atomic mass is 79.9. The van der Waals surface area contributed by atoms with E-state index in [1.165, 1.54) is 19.3 Å². The van der Waals surface area contributed by atoms with Crippen LogP contribution in [-0.4, -0.2) is 29.2 Å². The van der Waals surface area contributed by atoms with E-state index in [1.807, 2.05) is 0 Å². The van der Waals surface area contributed by atoms with Gasteiger partial charge in [-0.3, -0.25) is 0 Å². The lowest BCUT2D eigenvalue weighted by Crippen LogP contribution is -2.44. The van der Waals surface area contributed by atoms with Gasteiger partial charge in [0.05, 0.1) is 17.8 Å². The SMILES string of the molecule is COc1nc(N2C(C)CCCC2C)ncc1Br. The van der Waals surface area contributed by atoms with Gasteiger partial charge in [0.25, 0.3) is 0 Å². The van der Waals surface area contributed by atoms with Crippen molar-refractivity contribution in [2.45, 2.75) is 45.2 Å². The van der Waals surface area contributed by atoms with E-state index >= 15 is 0 Å². The molecule has 1 aliphatic heterocycles. The maximum atomic E-state index is 5.22. The zero-order chi connectivity index (χ0) is 12.4. The largest absolute Gasteiger partial charge is 0.480 e. The van der Waals surface area contributed by atoms with E-state index in [1.54, 1.807) is 13.3 Å². The minimum absolute atomic E-state index is 0.490. The highest BCUT2D eigenvalue weighted by Gasteiger charge is 2.27. The Morgan fingerprint density at radius 3 is 2.59 bits per heavy atom. The van der Waals surface area contributed by atoms with E-state index in [0.29, 0.717) is 18.0 Å². The van der Waals surface area contributed by atoms with Crippen molar-refractivity contribution in [2.75, 3.05) is 12.0 Å². The third-order valence-corrected chi connectivity index (χ3v) is 3.86. The second kappa shape index (κ2) is 5.21. The highest BCUT2D eigenvalue weighted by Crippen LogP contribution is 2.29. The smallest absolute Gasteiger partial charge is 0.232 e. The first-order valence-corrected chi connectivity index (χ1v) is 6.77. The van der Waals surface area contributed by atoms with Crippen LogP contribution >= 0.6 is 15.9 Å². The number of nitrogens with zero attached hydrogens (tertiary/aromatic N) is 3. The van der Waals surface area contributed by atoms with Gasteiger partial charge in [0.2, 0.25) is 11.8 Å².